The highest BCUT2D eigenvalue weighted by molar-refractivity contribution is 6.11. The first-order chi connectivity index (χ1) is 13.2. The van der Waals surface area contributed by atoms with E-state index in [4.69, 9.17) is 0 Å². The van der Waals surface area contributed by atoms with E-state index < -0.39 is 0 Å². The summed E-state index contributed by atoms with van der Waals surface area (Å²) in [6, 6.07) is 5.37. The van der Waals surface area contributed by atoms with Crippen LogP contribution in [0.4, 0.5) is 5.95 Å². The number of benzene rings is 1. The molecule has 27 heavy (non-hydrogen) atoms. The molecule has 0 spiro atoms. The average Bonchev–Trinajstić information content (AvgIpc) is 3.23. The predicted octanol–water partition coefficient (Wildman–Crippen LogP) is 1.81. The van der Waals surface area contributed by atoms with Crippen molar-refractivity contribution in [1.82, 2.24) is 29.9 Å². The number of hydrogen-bond donors (Lipinski definition) is 2. The lowest BCUT2D eigenvalue weighted by Gasteiger charge is -2.19. The molecular weight excluding hydrogens is 346 g/mol. The van der Waals surface area contributed by atoms with Crippen LogP contribution in [0.5, 0.6) is 0 Å². The summed E-state index contributed by atoms with van der Waals surface area (Å²) in [4.78, 5) is 30.9. The molecule has 0 atom stereocenters. The second-order valence-electron chi connectivity index (χ2n) is 6.65. The van der Waals surface area contributed by atoms with E-state index in [1.54, 1.807) is 18.3 Å². The zero-order chi connectivity index (χ0) is 18.6. The van der Waals surface area contributed by atoms with Crippen molar-refractivity contribution in [2.75, 3.05) is 18.4 Å². The zero-order valence-electron chi connectivity index (χ0n) is 14.9. The molecule has 140 valence electrons. The first kappa shape index (κ1) is 17.2. The van der Waals surface area contributed by atoms with Gasteiger partial charge in [0.2, 0.25) is 11.9 Å². The Kier molecular flexibility index (Phi) is 4.82. The van der Waals surface area contributed by atoms with Crippen LogP contribution in [0.3, 0.4) is 0 Å². The quantitative estimate of drug-likeness (QED) is 0.731. The molecule has 3 aromatic rings. The van der Waals surface area contributed by atoms with Crippen molar-refractivity contribution >= 4 is 28.7 Å². The summed E-state index contributed by atoms with van der Waals surface area (Å²) in [6.45, 7) is 1.72. The van der Waals surface area contributed by atoms with Crippen LogP contribution >= 0.6 is 0 Å². The molecule has 4 rings (SSSR count). The molecular formula is C18H21N7O2. The SMILES string of the molecule is O=C(Nc1ncn(CC(=O)N2CCCCCC2)n1)c1cccc2cn[nH]c12. The Balaban J connectivity index is 1.41. The van der Waals surface area contributed by atoms with Crippen molar-refractivity contribution < 1.29 is 9.59 Å². The van der Waals surface area contributed by atoms with Crippen molar-refractivity contribution in [3.05, 3.63) is 36.3 Å². The topological polar surface area (TPSA) is 109 Å². The van der Waals surface area contributed by atoms with Crippen LogP contribution < -0.4 is 5.32 Å². The third-order valence-corrected chi connectivity index (χ3v) is 4.74. The van der Waals surface area contributed by atoms with Crippen LogP contribution in [0.25, 0.3) is 10.9 Å². The van der Waals surface area contributed by atoms with Gasteiger partial charge >= 0.3 is 0 Å². The summed E-state index contributed by atoms with van der Waals surface area (Å²) in [5, 5.41) is 14.5. The monoisotopic (exact) mass is 367 g/mol. The Morgan fingerprint density at radius 1 is 1.15 bits per heavy atom. The lowest BCUT2D eigenvalue weighted by molar-refractivity contribution is -0.132. The molecule has 0 bridgehead atoms. The van der Waals surface area contributed by atoms with Gasteiger partial charge in [0, 0.05) is 18.5 Å². The fraction of sp³-hybridized carbons (Fsp3) is 0.389. The lowest BCUT2D eigenvalue weighted by atomic mass is 10.1. The molecule has 9 heteroatoms. The number of para-hydroxylation sites is 1. The minimum Gasteiger partial charge on any atom is -0.341 e. The highest BCUT2D eigenvalue weighted by Gasteiger charge is 2.17. The Bertz CT molecular complexity index is 953. The maximum Gasteiger partial charge on any atom is 0.260 e. The number of rotatable bonds is 4. The summed E-state index contributed by atoms with van der Waals surface area (Å²) < 4.78 is 1.46. The fourth-order valence-electron chi connectivity index (χ4n) is 3.31. The van der Waals surface area contributed by atoms with Gasteiger partial charge in [-0.15, -0.1) is 5.10 Å². The van der Waals surface area contributed by atoms with Crippen molar-refractivity contribution in [3.63, 3.8) is 0 Å². The molecule has 1 saturated heterocycles. The maximum absolute atomic E-state index is 12.5. The molecule has 0 aliphatic carbocycles. The highest BCUT2D eigenvalue weighted by atomic mass is 16.2. The van der Waals surface area contributed by atoms with Crippen LogP contribution in [0.1, 0.15) is 36.0 Å². The number of likely N-dealkylation sites (tertiary alicyclic amines) is 1. The summed E-state index contributed by atoms with van der Waals surface area (Å²) in [5.74, 6) is -0.136. The standard InChI is InChI=1S/C18H21N7O2/c26-15(24-8-3-1-2-4-9-24)11-25-12-19-18(23-25)21-17(27)14-7-5-6-13-10-20-22-16(13)14/h5-7,10,12H,1-4,8-9,11H2,(H,20,22)(H,21,23,27). The molecule has 0 radical (unpaired) electrons. The number of carbonyl (C=O) groups is 2. The number of anilines is 1. The molecule has 1 aromatic carbocycles. The number of carbonyl (C=O) groups excluding carboxylic acids is 2. The minimum atomic E-state index is -0.332. The van der Waals surface area contributed by atoms with E-state index in [0.717, 1.165) is 31.3 Å². The molecule has 2 amide bonds. The van der Waals surface area contributed by atoms with Gasteiger partial charge in [0.25, 0.3) is 5.91 Å². The Morgan fingerprint density at radius 2 is 1.96 bits per heavy atom. The summed E-state index contributed by atoms with van der Waals surface area (Å²) in [7, 11) is 0. The predicted molar refractivity (Wildman–Crippen MR) is 99.1 cm³/mol. The largest absolute Gasteiger partial charge is 0.341 e. The second kappa shape index (κ2) is 7.56. The van der Waals surface area contributed by atoms with Crippen LogP contribution in [-0.2, 0) is 11.3 Å². The van der Waals surface area contributed by atoms with Gasteiger partial charge in [-0.1, -0.05) is 25.0 Å². The van der Waals surface area contributed by atoms with E-state index in [1.165, 1.54) is 23.9 Å². The van der Waals surface area contributed by atoms with Gasteiger partial charge in [0.15, 0.2) is 0 Å². The van der Waals surface area contributed by atoms with E-state index in [9.17, 15) is 9.59 Å². The molecule has 1 aliphatic rings. The van der Waals surface area contributed by atoms with Crippen molar-refractivity contribution in [2.45, 2.75) is 32.2 Å². The molecule has 1 aliphatic heterocycles. The normalized spacial score (nSPS) is 14.9. The summed E-state index contributed by atoms with van der Waals surface area (Å²) in [5.41, 5.74) is 1.12. The average molecular weight is 367 g/mol. The third-order valence-electron chi connectivity index (χ3n) is 4.74. The molecule has 1 fully saturated rings. The number of nitrogens with one attached hydrogen (secondary N) is 2. The van der Waals surface area contributed by atoms with E-state index >= 15 is 0 Å². The van der Waals surface area contributed by atoms with Gasteiger partial charge < -0.3 is 4.90 Å². The zero-order valence-corrected chi connectivity index (χ0v) is 14.9. The van der Waals surface area contributed by atoms with Gasteiger partial charge in [-0.05, 0) is 18.9 Å². The Labute approximate surface area is 155 Å². The lowest BCUT2D eigenvalue weighted by Crippen LogP contribution is -2.34. The molecule has 2 N–H and O–H groups in total. The number of aromatic amines is 1. The Morgan fingerprint density at radius 3 is 2.78 bits per heavy atom. The van der Waals surface area contributed by atoms with E-state index in [2.05, 4.69) is 25.6 Å². The number of nitrogens with zero attached hydrogens (tertiary/aromatic N) is 5. The Hall–Kier alpha value is -3.23. The number of amides is 2. The first-order valence-corrected chi connectivity index (χ1v) is 9.11. The van der Waals surface area contributed by atoms with Crippen molar-refractivity contribution in [2.24, 2.45) is 0 Å². The van der Waals surface area contributed by atoms with Crippen molar-refractivity contribution in [3.8, 4) is 0 Å². The van der Waals surface area contributed by atoms with Gasteiger partial charge in [-0.3, -0.25) is 20.0 Å². The molecule has 0 saturated carbocycles. The number of H-pyrrole nitrogens is 1. The molecule has 3 heterocycles. The van der Waals surface area contributed by atoms with E-state index in [0.29, 0.717) is 11.1 Å². The van der Waals surface area contributed by atoms with Gasteiger partial charge in [0.05, 0.1) is 17.3 Å². The maximum atomic E-state index is 12.5. The fourth-order valence-corrected chi connectivity index (χ4v) is 3.31. The smallest absolute Gasteiger partial charge is 0.260 e. The van der Waals surface area contributed by atoms with Crippen LogP contribution in [-0.4, -0.2) is 54.8 Å². The number of hydrogen-bond acceptors (Lipinski definition) is 5. The number of aromatic nitrogens is 5. The van der Waals surface area contributed by atoms with Crippen molar-refractivity contribution in [1.29, 1.82) is 0 Å². The van der Waals surface area contributed by atoms with E-state index in [-0.39, 0.29) is 24.3 Å². The van der Waals surface area contributed by atoms with Gasteiger partial charge in [-0.2, -0.15) is 5.10 Å². The third kappa shape index (κ3) is 3.81. The summed E-state index contributed by atoms with van der Waals surface area (Å²) in [6.07, 6.45) is 7.56. The molecule has 0 unspecified atom stereocenters. The van der Waals surface area contributed by atoms with Crippen LogP contribution in [0.2, 0.25) is 0 Å². The van der Waals surface area contributed by atoms with Gasteiger partial charge in [0.1, 0.15) is 12.9 Å². The molecule has 9 nitrogen and oxygen atoms in total. The first-order valence-electron chi connectivity index (χ1n) is 9.11. The second-order valence-corrected chi connectivity index (χ2v) is 6.65. The van der Waals surface area contributed by atoms with Crippen LogP contribution in [0.15, 0.2) is 30.7 Å². The minimum absolute atomic E-state index is 0.0295. The number of fused-ring (bicyclic) bond motifs is 1. The van der Waals surface area contributed by atoms with Crippen LogP contribution in [0, 0.1) is 0 Å². The van der Waals surface area contributed by atoms with E-state index in [1.807, 2.05) is 11.0 Å². The summed E-state index contributed by atoms with van der Waals surface area (Å²) >= 11 is 0. The highest BCUT2D eigenvalue weighted by Crippen LogP contribution is 2.16. The van der Waals surface area contributed by atoms with Gasteiger partial charge in [-0.25, -0.2) is 9.67 Å². The molecule has 2 aromatic heterocycles.